The van der Waals surface area contributed by atoms with Gasteiger partial charge in [0.25, 0.3) is 23.3 Å². The number of anilines is 2. The van der Waals surface area contributed by atoms with Crippen molar-refractivity contribution in [3.63, 3.8) is 0 Å². The Balaban J connectivity index is 1.66. The average molecular weight is 407 g/mol. The number of nitrogens with two attached hydrogens (primary N) is 1. The minimum atomic E-state index is -0.681. The number of benzene rings is 1. The molecule has 0 radical (unpaired) electrons. The monoisotopic (exact) mass is 407 g/mol. The summed E-state index contributed by atoms with van der Waals surface area (Å²) >= 11 is 0. The molecule has 1 unspecified atom stereocenters. The van der Waals surface area contributed by atoms with E-state index in [4.69, 9.17) is 5.73 Å². The molecule has 0 saturated carbocycles. The number of pyridine rings is 1. The number of hydrogen-bond donors (Lipinski definition) is 2. The molecule has 4 heterocycles. The van der Waals surface area contributed by atoms with Gasteiger partial charge >= 0.3 is 6.03 Å². The van der Waals surface area contributed by atoms with Crippen molar-refractivity contribution in [3.8, 4) is 5.69 Å². The van der Waals surface area contributed by atoms with E-state index in [9.17, 15) is 24.0 Å². The van der Waals surface area contributed by atoms with Crippen molar-refractivity contribution in [1.29, 1.82) is 0 Å². The largest absolute Gasteiger partial charge is 0.384 e. The molecule has 152 valence electrons. The Bertz CT molecular complexity index is 1220. The SMILES string of the molecule is Cc1ccc(-n2c(N)c3c(cc2=O)C(=O)NC3=O)cc1N1C(=O)C2CCCN2C1=O. The van der Waals surface area contributed by atoms with Crippen molar-refractivity contribution < 1.29 is 19.2 Å². The fourth-order valence-corrected chi connectivity index (χ4v) is 4.37. The van der Waals surface area contributed by atoms with E-state index in [0.29, 0.717) is 24.2 Å². The Kier molecular flexibility index (Phi) is 3.63. The van der Waals surface area contributed by atoms with E-state index in [2.05, 4.69) is 5.32 Å². The van der Waals surface area contributed by atoms with E-state index < -0.39 is 23.4 Å². The summed E-state index contributed by atoms with van der Waals surface area (Å²) in [6, 6.07) is 4.99. The molecule has 2 saturated heterocycles. The first-order chi connectivity index (χ1) is 14.3. The third kappa shape index (κ3) is 2.27. The number of aryl methyl sites for hydroxylation is 1. The molecule has 1 aromatic carbocycles. The molecular weight excluding hydrogens is 390 g/mol. The minimum absolute atomic E-state index is 0.0726. The number of imide groups is 2. The normalized spacial score (nSPS) is 20.1. The standard InChI is InChI=1S/C20H17N5O5/c1-9-4-5-10(7-13(9)25-19(29)12-3-2-6-23(12)20(25)30)24-14(26)8-11-15(16(24)21)18(28)22-17(11)27/h4-5,7-8,12H,2-3,6,21H2,1H3,(H,22,27,28). The highest BCUT2D eigenvalue weighted by molar-refractivity contribution is 6.23. The van der Waals surface area contributed by atoms with Gasteiger partial charge in [0.2, 0.25) is 0 Å². The van der Waals surface area contributed by atoms with Crippen LogP contribution in [0.4, 0.5) is 16.3 Å². The summed E-state index contributed by atoms with van der Waals surface area (Å²) in [5.74, 6) is -1.84. The van der Waals surface area contributed by atoms with Crippen LogP contribution in [0.15, 0.2) is 29.1 Å². The van der Waals surface area contributed by atoms with Crippen LogP contribution in [-0.4, -0.2) is 45.8 Å². The Morgan fingerprint density at radius 2 is 1.83 bits per heavy atom. The lowest BCUT2D eigenvalue weighted by Crippen LogP contribution is -2.34. The fourth-order valence-electron chi connectivity index (χ4n) is 4.37. The highest BCUT2D eigenvalue weighted by atomic mass is 16.2. The van der Waals surface area contributed by atoms with Crippen LogP contribution in [-0.2, 0) is 4.79 Å². The van der Waals surface area contributed by atoms with Crippen LogP contribution >= 0.6 is 0 Å². The first-order valence-corrected chi connectivity index (χ1v) is 9.46. The quantitative estimate of drug-likeness (QED) is 0.551. The lowest BCUT2D eigenvalue weighted by atomic mass is 10.1. The molecule has 10 nitrogen and oxygen atoms in total. The number of aromatic nitrogens is 1. The molecule has 3 N–H and O–H groups in total. The third-order valence-electron chi connectivity index (χ3n) is 5.84. The maximum Gasteiger partial charge on any atom is 0.332 e. The predicted molar refractivity (Wildman–Crippen MR) is 106 cm³/mol. The second-order valence-corrected chi connectivity index (χ2v) is 7.55. The number of nitrogen functional groups attached to an aromatic ring is 1. The fraction of sp³-hybridized carbons (Fsp3) is 0.250. The molecule has 2 aromatic rings. The Morgan fingerprint density at radius 3 is 2.57 bits per heavy atom. The summed E-state index contributed by atoms with van der Waals surface area (Å²) in [6.07, 6.45) is 1.41. The first kappa shape index (κ1) is 18.1. The number of rotatable bonds is 2. The van der Waals surface area contributed by atoms with Crippen LogP contribution in [0.2, 0.25) is 0 Å². The van der Waals surface area contributed by atoms with Gasteiger partial charge in [-0.1, -0.05) is 6.07 Å². The third-order valence-corrected chi connectivity index (χ3v) is 5.84. The molecule has 0 spiro atoms. The summed E-state index contributed by atoms with van der Waals surface area (Å²) in [7, 11) is 0. The zero-order chi connectivity index (χ0) is 21.3. The summed E-state index contributed by atoms with van der Waals surface area (Å²) in [4.78, 5) is 65.0. The number of nitrogens with zero attached hydrogens (tertiary/aromatic N) is 3. The van der Waals surface area contributed by atoms with Crippen LogP contribution in [0.3, 0.4) is 0 Å². The lowest BCUT2D eigenvalue weighted by Gasteiger charge is -2.20. The van der Waals surface area contributed by atoms with E-state index >= 15 is 0 Å². The Hall–Kier alpha value is -3.95. The van der Waals surface area contributed by atoms with Crippen molar-refractivity contribution >= 4 is 35.3 Å². The van der Waals surface area contributed by atoms with Gasteiger partial charge in [-0.2, -0.15) is 0 Å². The molecule has 0 aliphatic carbocycles. The van der Waals surface area contributed by atoms with E-state index in [1.165, 1.54) is 6.07 Å². The average Bonchev–Trinajstić information content (AvgIpc) is 3.34. The number of hydrogen-bond acceptors (Lipinski definition) is 6. The number of carbonyl (C=O) groups is 4. The molecule has 30 heavy (non-hydrogen) atoms. The summed E-state index contributed by atoms with van der Waals surface area (Å²) in [5, 5.41) is 2.12. The van der Waals surface area contributed by atoms with E-state index in [0.717, 1.165) is 22.0 Å². The summed E-state index contributed by atoms with van der Waals surface area (Å²) in [5.41, 5.74) is 6.63. The van der Waals surface area contributed by atoms with Crippen molar-refractivity contribution in [1.82, 2.24) is 14.8 Å². The maximum absolute atomic E-state index is 12.8. The zero-order valence-corrected chi connectivity index (χ0v) is 16.0. The number of fused-ring (bicyclic) bond motifs is 2. The van der Waals surface area contributed by atoms with Crippen molar-refractivity contribution in [3.05, 3.63) is 51.3 Å². The number of nitrogens with one attached hydrogen (secondary N) is 1. The zero-order valence-electron chi connectivity index (χ0n) is 16.0. The Morgan fingerprint density at radius 1 is 1.07 bits per heavy atom. The van der Waals surface area contributed by atoms with Crippen LogP contribution in [0.1, 0.15) is 39.1 Å². The number of urea groups is 1. The highest BCUT2D eigenvalue weighted by Gasteiger charge is 2.48. The minimum Gasteiger partial charge on any atom is -0.384 e. The molecule has 3 aliphatic rings. The van der Waals surface area contributed by atoms with Gasteiger partial charge in [0.05, 0.1) is 22.5 Å². The van der Waals surface area contributed by atoms with Crippen LogP contribution in [0.25, 0.3) is 5.69 Å². The number of amides is 5. The second-order valence-electron chi connectivity index (χ2n) is 7.55. The van der Waals surface area contributed by atoms with E-state index in [-0.39, 0.29) is 34.6 Å². The van der Waals surface area contributed by atoms with Gasteiger partial charge in [-0.25, -0.2) is 9.69 Å². The molecule has 5 rings (SSSR count). The van der Waals surface area contributed by atoms with Gasteiger partial charge in [0, 0.05) is 12.6 Å². The molecule has 10 heteroatoms. The number of carbonyl (C=O) groups excluding carboxylic acids is 4. The topological polar surface area (TPSA) is 135 Å². The highest BCUT2D eigenvalue weighted by Crippen LogP contribution is 2.34. The molecule has 5 amide bonds. The van der Waals surface area contributed by atoms with E-state index in [1.54, 1.807) is 24.0 Å². The maximum atomic E-state index is 12.8. The van der Waals surface area contributed by atoms with Crippen LogP contribution in [0.5, 0.6) is 0 Å². The van der Waals surface area contributed by atoms with Crippen molar-refractivity contribution in [2.45, 2.75) is 25.8 Å². The molecule has 2 fully saturated rings. The predicted octanol–water partition coefficient (Wildman–Crippen LogP) is 0.543. The van der Waals surface area contributed by atoms with Gasteiger partial charge in [-0.3, -0.25) is 29.1 Å². The molecule has 3 aliphatic heterocycles. The van der Waals surface area contributed by atoms with Crippen LogP contribution < -0.4 is 21.5 Å². The van der Waals surface area contributed by atoms with Gasteiger partial charge in [-0.15, -0.1) is 0 Å². The van der Waals surface area contributed by atoms with Gasteiger partial charge in [0.1, 0.15) is 11.9 Å². The summed E-state index contributed by atoms with van der Waals surface area (Å²) < 4.78 is 1.09. The second kappa shape index (κ2) is 6.02. The lowest BCUT2D eigenvalue weighted by molar-refractivity contribution is -0.119. The van der Waals surface area contributed by atoms with Gasteiger partial charge in [-0.05, 0) is 37.5 Å². The Labute approximate surface area is 169 Å². The van der Waals surface area contributed by atoms with Gasteiger partial charge < -0.3 is 10.6 Å². The first-order valence-electron chi connectivity index (χ1n) is 9.46. The van der Waals surface area contributed by atoms with Gasteiger partial charge in [0.15, 0.2) is 0 Å². The molecular formula is C20H17N5O5. The smallest absolute Gasteiger partial charge is 0.332 e. The summed E-state index contributed by atoms with van der Waals surface area (Å²) in [6.45, 7) is 2.29. The molecule has 1 atom stereocenters. The van der Waals surface area contributed by atoms with Crippen molar-refractivity contribution in [2.24, 2.45) is 0 Å². The molecule has 0 bridgehead atoms. The van der Waals surface area contributed by atoms with E-state index in [1.807, 2.05) is 0 Å². The van der Waals surface area contributed by atoms with Crippen molar-refractivity contribution in [2.75, 3.05) is 17.2 Å². The molecule has 1 aromatic heterocycles. The van der Waals surface area contributed by atoms with Crippen LogP contribution in [0, 0.1) is 6.92 Å².